The first kappa shape index (κ1) is 16.4. The van der Waals surface area contributed by atoms with Crippen LogP contribution in [0.3, 0.4) is 0 Å². The minimum absolute atomic E-state index is 0.158. The molecule has 1 saturated heterocycles. The molecule has 0 radical (unpaired) electrons. The van der Waals surface area contributed by atoms with Crippen molar-refractivity contribution in [1.29, 1.82) is 0 Å². The van der Waals surface area contributed by atoms with E-state index < -0.39 is 15.6 Å². The normalized spacial score (nSPS) is 21.8. The Bertz CT molecular complexity index is 880. The van der Waals surface area contributed by atoms with E-state index in [1.54, 1.807) is 10.7 Å². The second-order valence-electron chi connectivity index (χ2n) is 6.41. The first-order chi connectivity index (χ1) is 11.4. The van der Waals surface area contributed by atoms with Gasteiger partial charge in [-0.1, -0.05) is 0 Å². The molecule has 24 heavy (non-hydrogen) atoms. The SMILES string of the molecule is CS(=O)(=O)c1ncc2c(Br)cc(C3CCC4(CC3)OCCO4)n2n1. The number of fused-ring (bicyclic) bond motifs is 1. The number of sulfone groups is 1. The Morgan fingerprint density at radius 2 is 1.96 bits per heavy atom. The Balaban J connectivity index is 1.69. The van der Waals surface area contributed by atoms with Crippen LogP contribution in [-0.2, 0) is 19.3 Å². The van der Waals surface area contributed by atoms with Crippen molar-refractivity contribution in [1.82, 2.24) is 14.6 Å². The van der Waals surface area contributed by atoms with Gasteiger partial charge in [0.1, 0.15) is 0 Å². The van der Waals surface area contributed by atoms with Crippen molar-refractivity contribution in [2.45, 2.75) is 42.5 Å². The van der Waals surface area contributed by atoms with Crippen molar-refractivity contribution in [3.63, 3.8) is 0 Å². The second kappa shape index (κ2) is 5.76. The molecule has 1 aliphatic carbocycles. The highest BCUT2D eigenvalue weighted by Crippen LogP contribution is 2.43. The monoisotopic (exact) mass is 415 g/mol. The minimum Gasteiger partial charge on any atom is -0.348 e. The Kier molecular flexibility index (Phi) is 3.94. The zero-order valence-corrected chi connectivity index (χ0v) is 15.6. The summed E-state index contributed by atoms with van der Waals surface area (Å²) < 4.78 is 37.6. The van der Waals surface area contributed by atoms with E-state index in [4.69, 9.17) is 9.47 Å². The van der Waals surface area contributed by atoms with Crippen molar-refractivity contribution in [3.8, 4) is 0 Å². The first-order valence-electron chi connectivity index (χ1n) is 7.90. The number of ether oxygens (including phenoxy) is 2. The Hall–Kier alpha value is -1.03. The van der Waals surface area contributed by atoms with Gasteiger partial charge in [-0.25, -0.2) is 17.9 Å². The van der Waals surface area contributed by atoms with E-state index in [9.17, 15) is 8.42 Å². The molecule has 0 N–H and O–H groups in total. The first-order valence-corrected chi connectivity index (χ1v) is 10.6. The van der Waals surface area contributed by atoms with Gasteiger partial charge in [-0.15, -0.1) is 5.10 Å². The number of nitrogens with zero attached hydrogens (tertiary/aromatic N) is 3. The van der Waals surface area contributed by atoms with Gasteiger partial charge < -0.3 is 9.47 Å². The number of hydrogen-bond acceptors (Lipinski definition) is 6. The summed E-state index contributed by atoms with van der Waals surface area (Å²) >= 11 is 3.52. The topological polar surface area (TPSA) is 82.8 Å². The molecule has 1 spiro atoms. The van der Waals surface area contributed by atoms with Crippen LogP contribution in [0.1, 0.15) is 37.3 Å². The van der Waals surface area contributed by atoms with Crippen LogP contribution in [0.15, 0.2) is 21.9 Å². The van der Waals surface area contributed by atoms with E-state index >= 15 is 0 Å². The van der Waals surface area contributed by atoms with Crippen molar-refractivity contribution in [2.24, 2.45) is 0 Å². The zero-order valence-electron chi connectivity index (χ0n) is 13.2. The predicted octanol–water partition coefficient (Wildman–Crippen LogP) is 2.30. The maximum absolute atomic E-state index is 11.8. The van der Waals surface area contributed by atoms with Crippen LogP contribution < -0.4 is 0 Å². The summed E-state index contributed by atoms with van der Waals surface area (Å²) in [6.07, 6.45) is 6.17. The summed E-state index contributed by atoms with van der Waals surface area (Å²) in [5.74, 6) is -0.127. The number of hydrogen-bond donors (Lipinski definition) is 0. The molecule has 0 atom stereocenters. The summed E-state index contributed by atoms with van der Waals surface area (Å²) in [5, 5.41) is 4.10. The molecule has 130 valence electrons. The van der Waals surface area contributed by atoms with Gasteiger partial charge in [0.2, 0.25) is 9.84 Å². The lowest BCUT2D eigenvalue weighted by atomic mass is 9.83. The van der Waals surface area contributed by atoms with Crippen LogP contribution in [0.5, 0.6) is 0 Å². The van der Waals surface area contributed by atoms with Gasteiger partial charge >= 0.3 is 0 Å². The number of rotatable bonds is 2. The van der Waals surface area contributed by atoms with Crippen molar-refractivity contribution in [3.05, 3.63) is 22.4 Å². The van der Waals surface area contributed by atoms with Gasteiger partial charge in [-0.2, -0.15) is 0 Å². The van der Waals surface area contributed by atoms with Crippen molar-refractivity contribution in [2.75, 3.05) is 19.5 Å². The third-order valence-corrected chi connectivity index (χ3v) is 6.27. The van der Waals surface area contributed by atoms with Crippen molar-refractivity contribution < 1.29 is 17.9 Å². The lowest BCUT2D eigenvalue weighted by Gasteiger charge is -2.35. The highest BCUT2D eigenvalue weighted by atomic mass is 79.9. The quantitative estimate of drug-likeness (QED) is 0.747. The van der Waals surface area contributed by atoms with Gasteiger partial charge in [0.25, 0.3) is 5.16 Å². The van der Waals surface area contributed by atoms with Crippen LogP contribution >= 0.6 is 15.9 Å². The minimum atomic E-state index is -3.45. The van der Waals surface area contributed by atoms with Gasteiger partial charge in [-0.05, 0) is 34.8 Å². The molecular formula is C15H18BrN3O4S. The van der Waals surface area contributed by atoms with Gasteiger partial charge in [-0.3, -0.25) is 0 Å². The summed E-state index contributed by atoms with van der Waals surface area (Å²) in [4.78, 5) is 3.97. The van der Waals surface area contributed by atoms with Crippen LogP contribution in [0.2, 0.25) is 0 Å². The fourth-order valence-corrected chi connectivity index (χ4v) is 4.54. The van der Waals surface area contributed by atoms with Crippen molar-refractivity contribution >= 4 is 31.3 Å². The highest BCUT2D eigenvalue weighted by molar-refractivity contribution is 9.10. The molecule has 0 amide bonds. The van der Waals surface area contributed by atoms with Gasteiger partial charge in [0, 0.05) is 35.2 Å². The highest BCUT2D eigenvalue weighted by Gasteiger charge is 2.41. The molecule has 0 aromatic carbocycles. The molecule has 2 fully saturated rings. The Morgan fingerprint density at radius 1 is 1.29 bits per heavy atom. The van der Waals surface area contributed by atoms with E-state index in [-0.39, 0.29) is 11.1 Å². The summed E-state index contributed by atoms with van der Waals surface area (Å²) in [7, 11) is -3.45. The van der Waals surface area contributed by atoms with Crippen LogP contribution in [-0.4, -0.2) is 48.3 Å². The number of aromatic nitrogens is 3. The zero-order chi connectivity index (χ0) is 16.9. The lowest BCUT2D eigenvalue weighted by molar-refractivity contribution is -0.179. The van der Waals surface area contributed by atoms with E-state index in [1.165, 1.54) is 0 Å². The number of halogens is 1. The largest absolute Gasteiger partial charge is 0.348 e. The average molecular weight is 416 g/mol. The second-order valence-corrected chi connectivity index (χ2v) is 9.17. The van der Waals surface area contributed by atoms with Crippen LogP contribution in [0.25, 0.3) is 5.52 Å². The van der Waals surface area contributed by atoms with E-state index in [2.05, 4.69) is 26.0 Å². The van der Waals surface area contributed by atoms with Crippen LogP contribution in [0.4, 0.5) is 0 Å². The Morgan fingerprint density at radius 3 is 2.58 bits per heavy atom. The molecule has 3 heterocycles. The summed E-state index contributed by atoms with van der Waals surface area (Å²) in [5.41, 5.74) is 1.77. The molecule has 2 aromatic heterocycles. The van der Waals surface area contributed by atoms with Crippen LogP contribution in [0, 0.1) is 0 Å². The fourth-order valence-electron chi connectivity index (χ4n) is 3.56. The predicted molar refractivity (Wildman–Crippen MR) is 89.6 cm³/mol. The average Bonchev–Trinajstić information content (AvgIpc) is 3.13. The molecule has 7 nitrogen and oxygen atoms in total. The fraction of sp³-hybridized carbons (Fsp3) is 0.600. The molecule has 1 saturated carbocycles. The molecule has 9 heteroatoms. The smallest absolute Gasteiger partial charge is 0.265 e. The standard InChI is InChI=1S/C15H18BrN3O4S/c1-24(20,21)14-17-9-13-11(16)8-12(19(13)18-14)10-2-4-15(5-3-10)22-6-7-23-15/h8-10H,2-7H2,1H3. The van der Waals surface area contributed by atoms with E-state index in [1.807, 2.05) is 6.07 Å². The molecule has 2 aliphatic rings. The third-order valence-electron chi connectivity index (χ3n) is 4.79. The molecule has 0 unspecified atom stereocenters. The molecular weight excluding hydrogens is 398 g/mol. The molecule has 1 aliphatic heterocycles. The van der Waals surface area contributed by atoms with Gasteiger partial charge in [0.15, 0.2) is 5.79 Å². The maximum Gasteiger partial charge on any atom is 0.265 e. The molecule has 4 rings (SSSR count). The molecule has 2 aromatic rings. The summed E-state index contributed by atoms with van der Waals surface area (Å²) in [6.45, 7) is 1.32. The molecule has 0 bridgehead atoms. The van der Waals surface area contributed by atoms with E-state index in [0.29, 0.717) is 13.2 Å². The van der Waals surface area contributed by atoms with Gasteiger partial charge in [0.05, 0.1) is 24.9 Å². The maximum atomic E-state index is 11.8. The summed E-state index contributed by atoms with van der Waals surface area (Å²) in [6, 6.07) is 2.01. The van der Waals surface area contributed by atoms with E-state index in [0.717, 1.165) is 47.6 Å². The lowest BCUT2D eigenvalue weighted by Crippen LogP contribution is -2.34. The third kappa shape index (κ3) is 2.77. The Labute approximate surface area is 148 Å².